The van der Waals surface area contributed by atoms with Gasteiger partial charge in [-0.05, 0) is 36.2 Å². The number of benzene rings is 2. The van der Waals surface area contributed by atoms with E-state index in [9.17, 15) is 18.4 Å². The van der Waals surface area contributed by atoms with Gasteiger partial charge in [-0.1, -0.05) is 6.07 Å². The van der Waals surface area contributed by atoms with Crippen molar-refractivity contribution in [3.8, 4) is 11.5 Å². The van der Waals surface area contributed by atoms with Crippen LogP contribution in [0.25, 0.3) is 0 Å². The molecule has 0 aromatic heterocycles. The number of methoxy groups -OCH3 is 2. The monoisotopic (exact) mass is 379 g/mol. The van der Waals surface area contributed by atoms with Crippen LogP contribution in [0.15, 0.2) is 36.4 Å². The van der Waals surface area contributed by atoms with E-state index in [4.69, 9.17) is 14.2 Å². The summed E-state index contributed by atoms with van der Waals surface area (Å²) in [4.78, 5) is 23.5. The van der Waals surface area contributed by atoms with Gasteiger partial charge in [0.25, 0.3) is 5.91 Å². The molecule has 0 unspecified atom stereocenters. The minimum absolute atomic E-state index is 0.0116. The van der Waals surface area contributed by atoms with Crippen molar-refractivity contribution in [3.05, 3.63) is 53.6 Å². The molecule has 0 fully saturated rings. The average molecular weight is 379 g/mol. The molecule has 0 spiro atoms. The maximum atomic E-state index is 13.5. The number of para-hydroxylation sites is 1. The summed E-state index contributed by atoms with van der Waals surface area (Å²) in [6.07, 6.45) is 0.355. The molecular weight excluding hydrogens is 360 g/mol. The molecule has 1 N–H and O–H groups in total. The van der Waals surface area contributed by atoms with E-state index in [1.54, 1.807) is 18.2 Å². The summed E-state index contributed by atoms with van der Waals surface area (Å²) in [6, 6.07) is 8.40. The highest BCUT2D eigenvalue weighted by molar-refractivity contribution is 5.93. The fraction of sp³-hybridized carbons (Fsp3) is 0.263. The lowest BCUT2D eigenvalue weighted by Crippen LogP contribution is -2.22. The lowest BCUT2D eigenvalue weighted by molar-refractivity contribution is -0.147. The van der Waals surface area contributed by atoms with Crippen molar-refractivity contribution in [1.82, 2.24) is 0 Å². The number of hydrogen-bond donors (Lipinski definition) is 1. The van der Waals surface area contributed by atoms with E-state index >= 15 is 0 Å². The van der Waals surface area contributed by atoms with E-state index in [1.807, 2.05) is 5.32 Å². The molecule has 2 rings (SSSR count). The molecular formula is C19H19F2NO5. The SMILES string of the molecule is COc1cc(CCC(=O)OCC(=O)Nc2c(F)cccc2F)cc(OC)c1. The first-order valence-electron chi connectivity index (χ1n) is 8.04. The van der Waals surface area contributed by atoms with Crippen molar-refractivity contribution in [2.75, 3.05) is 26.1 Å². The molecule has 2 aromatic carbocycles. The predicted octanol–water partition coefficient (Wildman–Crippen LogP) is 3.10. The van der Waals surface area contributed by atoms with Gasteiger partial charge in [-0.15, -0.1) is 0 Å². The van der Waals surface area contributed by atoms with Crippen LogP contribution in [0.5, 0.6) is 11.5 Å². The van der Waals surface area contributed by atoms with Gasteiger partial charge in [0.05, 0.1) is 14.2 Å². The highest BCUT2D eigenvalue weighted by Crippen LogP contribution is 2.23. The van der Waals surface area contributed by atoms with Crippen LogP contribution in [0.3, 0.4) is 0 Å². The van der Waals surface area contributed by atoms with Crippen molar-refractivity contribution < 1.29 is 32.6 Å². The Balaban J connectivity index is 1.83. The summed E-state index contributed by atoms with van der Waals surface area (Å²) in [5, 5.41) is 2.04. The summed E-state index contributed by atoms with van der Waals surface area (Å²) in [6.45, 7) is -0.645. The van der Waals surface area contributed by atoms with Crippen molar-refractivity contribution >= 4 is 17.6 Å². The summed E-state index contributed by atoms with van der Waals surface area (Å²) in [5.41, 5.74) is 0.211. The first-order chi connectivity index (χ1) is 12.9. The number of aryl methyl sites for hydroxylation is 1. The van der Waals surface area contributed by atoms with Crippen molar-refractivity contribution in [3.63, 3.8) is 0 Å². The molecule has 8 heteroatoms. The fourth-order valence-electron chi connectivity index (χ4n) is 2.27. The number of rotatable bonds is 8. The molecule has 0 saturated carbocycles. The van der Waals surface area contributed by atoms with Crippen LogP contribution in [-0.4, -0.2) is 32.7 Å². The minimum Gasteiger partial charge on any atom is -0.497 e. The second-order valence-electron chi connectivity index (χ2n) is 5.53. The van der Waals surface area contributed by atoms with Gasteiger partial charge in [0.15, 0.2) is 6.61 Å². The third-order valence-electron chi connectivity index (χ3n) is 3.62. The third kappa shape index (κ3) is 5.95. The zero-order valence-electron chi connectivity index (χ0n) is 14.9. The highest BCUT2D eigenvalue weighted by Gasteiger charge is 2.14. The molecule has 0 aliphatic heterocycles. The van der Waals surface area contributed by atoms with E-state index in [0.29, 0.717) is 17.9 Å². The zero-order chi connectivity index (χ0) is 19.8. The Bertz CT molecular complexity index is 783. The van der Waals surface area contributed by atoms with Gasteiger partial charge < -0.3 is 19.5 Å². The fourth-order valence-corrected chi connectivity index (χ4v) is 2.27. The van der Waals surface area contributed by atoms with Crippen LogP contribution >= 0.6 is 0 Å². The number of anilines is 1. The predicted molar refractivity (Wildman–Crippen MR) is 93.8 cm³/mol. The number of carbonyl (C=O) groups excluding carboxylic acids is 2. The quantitative estimate of drug-likeness (QED) is 0.714. The van der Waals surface area contributed by atoms with Crippen LogP contribution < -0.4 is 14.8 Å². The van der Waals surface area contributed by atoms with Crippen LogP contribution in [0.2, 0.25) is 0 Å². The van der Waals surface area contributed by atoms with Crippen molar-refractivity contribution in [2.45, 2.75) is 12.8 Å². The molecule has 6 nitrogen and oxygen atoms in total. The Hall–Kier alpha value is -3.16. The maximum Gasteiger partial charge on any atom is 0.306 e. The van der Waals surface area contributed by atoms with Crippen LogP contribution in [0.1, 0.15) is 12.0 Å². The number of halogens is 2. The molecule has 2 aromatic rings. The molecule has 0 bridgehead atoms. The Morgan fingerprint density at radius 3 is 2.15 bits per heavy atom. The molecule has 0 saturated heterocycles. The van der Waals surface area contributed by atoms with Gasteiger partial charge in [0, 0.05) is 12.5 Å². The van der Waals surface area contributed by atoms with Crippen LogP contribution in [0, 0.1) is 11.6 Å². The van der Waals surface area contributed by atoms with Gasteiger partial charge in [-0.2, -0.15) is 0 Å². The largest absolute Gasteiger partial charge is 0.497 e. The number of nitrogens with one attached hydrogen (secondary N) is 1. The summed E-state index contributed by atoms with van der Waals surface area (Å²) in [5.74, 6) is -2.12. The Morgan fingerprint density at radius 2 is 1.59 bits per heavy atom. The summed E-state index contributed by atoms with van der Waals surface area (Å²) >= 11 is 0. The lowest BCUT2D eigenvalue weighted by atomic mass is 10.1. The summed E-state index contributed by atoms with van der Waals surface area (Å²) in [7, 11) is 3.04. The Labute approximate surface area is 155 Å². The molecule has 27 heavy (non-hydrogen) atoms. The van der Waals surface area contributed by atoms with E-state index in [-0.39, 0.29) is 6.42 Å². The second-order valence-corrected chi connectivity index (χ2v) is 5.53. The highest BCUT2D eigenvalue weighted by atomic mass is 19.1. The van der Waals surface area contributed by atoms with Gasteiger partial charge >= 0.3 is 5.97 Å². The molecule has 0 aliphatic carbocycles. The zero-order valence-corrected chi connectivity index (χ0v) is 14.9. The first kappa shape index (κ1) is 20.2. The second kappa shape index (κ2) is 9.51. The van der Waals surface area contributed by atoms with E-state index in [1.165, 1.54) is 20.3 Å². The maximum absolute atomic E-state index is 13.5. The minimum atomic E-state index is -0.915. The topological polar surface area (TPSA) is 73.9 Å². The number of hydrogen-bond acceptors (Lipinski definition) is 5. The molecule has 0 radical (unpaired) electrons. The van der Waals surface area contributed by atoms with Gasteiger partial charge in [0.2, 0.25) is 0 Å². The number of carbonyl (C=O) groups is 2. The number of ether oxygens (including phenoxy) is 3. The molecule has 1 amide bonds. The van der Waals surface area contributed by atoms with E-state index < -0.39 is 35.8 Å². The van der Waals surface area contributed by atoms with Crippen molar-refractivity contribution in [1.29, 1.82) is 0 Å². The third-order valence-corrected chi connectivity index (χ3v) is 3.62. The van der Waals surface area contributed by atoms with Crippen molar-refractivity contribution in [2.24, 2.45) is 0 Å². The van der Waals surface area contributed by atoms with Crippen LogP contribution in [0.4, 0.5) is 14.5 Å². The number of amides is 1. The smallest absolute Gasteiger partial charge is 0.306 e. The lowest BCUT2D eigenvalue weighted by Gasteiger charge is -2.09. The normalized spacial score (nSPS) is 10.2. The van der Waals surface area contributed by atoms with Crippen LogP contribution in [-0.2, 0) is 20.7 Å². The molecule has 144 valence electrons. The van der Waals surface area contributed by atoms with E-state index in [2.05, 4.69) is 0 Å². The molecule has 0 heterocycles. The standard InChI is InChI=1S/C19H19F2NO5/c1-25-13-8-12(9-14(10-13)26-2)6-7-18(24)27-11-17(23)22-19-15(20)4-3-5-16(19)21/h3-5,8-10H,6-7,11H2,1-2H3,(H,22,23). The van der Waals surface area contributed by atoms with Gasteiger partial charge in [-0.25, -0.2) is 8.78 Å². The van der Waals surface area contributed by atoms with Gasteiger partial charge in [0.1, 0.15) is 28.8 Å². The molecule has 0 aliphatic rings. The van der Waals surface area contributed by atoms with Gasteiger partial charge in [-0.3, -0.25) is 9.59 Å². The van der Waals surface area contributed by atoms with E-state index in [0.717, 1.165) is 17.7 Å². The first-order valence-corrected chi connectivity index (χ1v) is 8.04. The Kier molecular flexibility index (Phi) is 7.10. The summed E-state index contributed by atoms with van der Waals surface area (Å²) < 4.78 is 42.0. The number of esters is 1. The molecule has 0 atom stereocenters. The Morgan fingerprint density at radius 1 is 1.00 bits per heavy atom. The average Bonchev–Trinajstić information content (AvgIpc) is 2.67.